The van der Waals surface area contributed by atoms with Crippen LogP contribution >= 0.6 is 23.4 Å². The first-order chi connectivity index (χ1) is 18.8. The number of hydrogen-bond donors (Lipinski definition) is 0. The number of amidine groups is 1. The Labute approximate surface area is 229 Å². The molecule has 0 unspecified atom stereocenters. The Bertz CT molecular complexity index is 1490. The molecule has 4 aromatic rings. The van der Waals surface area contributed by atoms with Crippen molar-refractivity contribution >= 4 is 40.4 Å². The number of para-hydroxylation sites is 1. The Morgan fingerprint density at radius 3 is 2.51 bits per heavy atom. The number of alkyl halides is 3. The molecule has 0 saturated carbocycles. The summed E-state index contributed by atoms with van der Waals surface area (Å²) >= 11 is 7.73. The molecule has 200 valence electrons. The molecule has 0 atom stereocenters. The van der Waals surface area contributed by atoms with Gasteiger partial charge in [-0.1, -0.05) is 53.7 Å². The van der Waals surface area contributed by atoms with Crippen molar-refractivity contribution in [2.45, 2.75) is 12.8 Å². The molecular weight excluding hydrogens is 556 g/mol. The SMILES string of the molecule is Fc1cccc(Cl)c1N1CCCS/C1=N\N=C\c1ccc(-c2ncn(-c3ccc(OC(F)(F)F)cc3)n2)cc1. The molecule has 1 aromatic heterocycles. The van der Waals surface area contributed by atoms with Gasteiger partial charge in [0.05, 0.1) is 22.6 Å². The molecule has 0 N–H and O–H groups in total. The van der Waals surface area contributed by atoms with E-state index in [1.807, 2.05) is 24.3 Å². The molecule has 1 aliphatic heterocycles. The topological polar surface area (TPSA) is 67.9 Å². The summed E-state index contributed by atoms with van der Waals surface area (Å²) in [5.74, 6) is 0.544. The van der Waals surface area contributed by atoms with Gasteiger partial charge in [-0.15, -0.1) is 23.4 Å². The van der Waals surface area contributed by atoms with E-state index in [9.17, 15) is 17.6 Å². The number of benzene rings is 3. The van der Waals surface area contributed by atoms with E-state index in [0.29, 0.717) is 33.9 Å². The molecule has 1 fully saturated rings. The van der Waals surface area contributed by atoms with Crippen LogP contribution in [-0.4, -0.2) is 44.8 Å². The van der Waals surface area contributed by atoms with Gasteiger partial charge in [-0.25, -0.2) is 14.1 Å². The zero-order valence-electron chi connectivity index (χ0n) is 20.0. The van der Waals surface area contributed by atoms with Gasteiger partial charge in [-0.3, -0.25) is 0 Å². The van der Waals surface area contributed by atoms with Crippen LogP contribution in [0.5, 0.6) is 5.75 Å². The number of nitrogens with zero attached hydrogens (tertiary/aromatic N) is 6. The first-order valence-electron chi connectivity index (χ1n) is 11.6. The third kappa shape index (κ3) is 6.58. The van der Waals surface area contributed by atoms with Crippen LogP contribution in [0.15, 0.2) is 83.3 Å². The zero-order valence-corrected chi connectivity index (χ0v) is 21.6. The van der Waals surface area contributed by atoms with Crippen LogP contribution in [0.3, 0.4) is 0 Å². The van der Waals surface area contributed by atoms with Crippen molar-refractivity contribution in [1.29, 1.82) is 0 Å². The van der Waals surface area contributed by atoms with Crippen LogP contribution < -0.4 is 9.64 Å². The fourth-order valence-corrected chi connectivity index (χ4v) is 4.94. The van der Waals surface area contributed by atoms with Crippen molar-refractivity contribution < 1.29 is 22.3 Å². The third-order valence-electron chi connectivity index (χ3n) is 5.54. The maximum absolute atomic E-state index is 14.5. The molecule has 7 nitrogen and oxygen atoms in total. The number of hydrogen-bond acceptors (Lipinski definition) is 6. The van der Waals surface area contributed by atoms with Gasteiger partial charge < -0.3 is 9.64 Å². The van der Waals surface area contributed by atoms with Gasteiger partial charge in [0.2, 0.25) is 0 Å². The van der Waals surface area contributed by atoms with Crippen LogP contribution in [0.25, 0.3) is 17.1 Å². The second-order valence-corrected chi connectivity index (χ2v) is 9.70. The maximum Gasteiger partial charge on any atom is 0.573 e. The highest BCUT2D eigenvalue weighted by Gasteiger charge is 2.31. The van der Waals surface area contributed by atoms with Crippen LogP contribution in [-0.2, 0) is 0 Å². The van der Waals surface area contributed by atoms with E-state index >= 15 is 0 Å². The molecule has 1 aliphatic rings. The van der Waals surface area contributed by atoms with E-state index in [4.69, 9.17) is 11.6 Å². The van der Waals surface area contributed by atoms with E-state index in [1.54, 1.807) is 23.2 Å². The highest BCUT2D eigenvalue weighted by Crippen LogP contribution is 2.33. The molecule has 5 rings (SSSR count). The predicted molar refractivity (Wildman–Crippen MR) is 144 cm³/mol. The lowest BCUT2D eigenvalue weighted by Gasteiger charge is -2.29. The fraction of sp³-hybridized carbons (Fsp3) is 0.154. The maximum atomic E-state index is 14.5. The molecule has 2 heterocycles. The zero-order chi connectivity index (χ0) is 27.4. The van der Waals surface area contributed by atoms with E-state index in [-0.39, 0.29) is 5.75 Å². The van der Waals surface area contributed by atoms with E-state index in [2.05, 4.69) is 25.0 Å². The second-order valence-electron chi connectivity index (χ2n) is 8.23. The lowest BCUT2D eigenvalue weighted by molar-refractivity contribution is -0.274. The number of thioether (sulfide) groups is 1. The summed E-state index contributed by atoms with van der Waals surface area (Å²) in [5.41, 5.74) is 2.33. The summed E-state index contributed by atoms with van der Waals surface area (Å²) in [7, 11) is 0. The lowest BCUT2D eigenvalue weighted by Crippen LogP contribution is -2.34. The van der Waals surface area contributed by atoms with Crippen LogP contribution in [0.1, 0.15) is 12.0 Å². The molecular formula is C26H19ClF4N6OS. The monoisotopic (exact) mass is 574 g/mol. The average Bonchev–Trinajstić information content (AvgIpc) is 3.40. The van der Waals surface area contributed by atoms with Crippen molar-refractivity contribution in [2.75, 3.05) is 17.2 Å². The van der Waals surface area contributed by atoms with Crippen molar-refractivity contribution in [1.82, 2.24) is 14.8 Å². The van der Waals surface area contributed by atoms with Gasteiger partial charge in [0.15, 0.2) is 11.0 Å². The minimum absolute atomic E-state index is 0.294. The second kappa shape index (κ2) is 11.5. The highest BCUT2D eigenvalue weighted by molar-refractivity contribution is 8.14. The highest BCUT2D eigenvalue weighted by atomic mass is 35.5. The summed E-state index contributed by atoms with van der Waals surface area (Å²) in [5, 5.41) is 13.8. The summed E-state index contributed by atoms with van der Waals surface area (Å²) in [6, 6.07) is 17.2. The normalized spacial score (nSPS) is 15.3. The van der Waals surface area contributed by atoms with Crippen molar-refractivity contribution in [3.63, 3.8) is 0 Å². The fourth-order valence-electron chi connectivity index (χ4n) is 3.78. The van der Waals surface area contributed by atoms with Crippen molar-refractivity contribution in [2.24, 2.45) is 10.2 Å². The Morgan fingerprint density at radius 2 is 1.79 bits per heavy atom. The molecule has 0 amide bonds. The quantitative estimate of drug-likeness (QED) is 0.141. The molecule has 0 aliphatic carbocycles. The first kappa shape index (κ1) is 26.7. The summed E-state index contributed by atoms with van der Waals surface area (Å²) in [6.07, 6.45) is -0.836. The van der Waals surface area contributed by atoms with E-state index < -0.39 is 12.2 Å². The van der Waals surface area contributed by atoms with Gasteiger partial charge in [0, 0.05) is 17.9 Å². The van der Waals surface area contributed by atoms with Crippen molar-refractivity contribution in [3.8, 4) is 22.8 Å². The van der Waals surface area contributed by atoms with Gasteiger partial charge in [-0.05, 0) is 48.4 Å². The van der Waals surface area contributed by atoms with Gasteiger partial charge in [0.1, 0.15) is 17.9 Å². The Balaban J connectivity index is 1.27. The smallest absolute Gasteiger partial charge is 0.406 e. The standard InChI is InChI=1S/C26H19ClF4N6OS/c27-21-3-1-4-22(28)23(21)36-13-2-14-39-25(36)34-33-15-17-5-7-18(8-6-17)24-32-16-37(35-24)19-9-11-20(12-10-19)38-26(29,30)31/h1,3-12,15-16H,2,13-14H2/b33-15+,34-25-. The third-order valence-corrected chi connectivity index (χ3v) is 6.90. The predicted octanol–water partition coefficient (Wildman–Crippen LogP) is 6.96. The summed E-state index contributed by atoms with van der Waals surface area (Å²) in [4.78, 5) is 6.03. The largest absolute Gasteiger partial charge is 0.573 e. The molecule has 13 heteroatoms. The summed E-state index contributed by atoms with van der Waals surface area (Å²) < 4.78 is 56.9. The minimum atomic E-state index is -4.75. The van der Waals surface area contributed by atoms with Crippen LogP contribution in [0.4, 0.5) is 23.2 Å². The Hall–Kier alpha value is -3.90. The van der Waals surface area contributed by atoms with Gasteiger partial charge in [0.25, 0.3) is 0 Å². The van der Waals surface area contributed by atoms with Crippen molar-refractivity contribution in [3.05, 3.63) is 89.5 Å². The molecule has 0 radical (unpaired) electrons. The first-order valence-corrected chi connectivity index (χ1v) is 13.0. The van der Waals surface area contributed by atoms with E-state index in [0.717, 1.165) is 23.3 Å². The molecule has 0 bridgehead atoms. The van der Waals surface area contributed by atoms with Gasteiger partial charge >= 0.3 is 6.36 Å². The van der Waals surface area contributed by atoms with Gasteiger partial charge in [-0.2, -0.15) is 5.10 Å². The summed E-state index contributed by atoms with van der Waals surface area (Å²) in [6.45, 7) is 0.585. The van der Waals surface area contributed by atoms with Crippen LogP contribution in [0, 0.1) is 5.82 Å². The number of aromatic nitrogens is 3. The average molecular weight is 575 g/mol. The number of anilines is 1. The molecule has 3 aromatic carbocycles. The minimum Gasteiger partial charge on any atom is -0.406 e. The molecule has 1 saturated heterocycles. The Kier molecular flexibility index (Phi) is 7.84. The Morgan fingerprint density at radius 1 is 1.03 bits per heavy atom. The number of rotatable bonds is 6. The number of halogens is 5. The molecule has 0 spiro atoms. The number of ether oxygens (including phenoxy) is 1. The van der Waals surface area contributed by atoms with E-state index in [1.165, 1.54) is 53.1 Å². The lowest BCUT2D eigenvalue weighted by atomic mass is 10.1. The van der Waals surface area contributed by atoms with Crippen LogP contribution in [0.2, 0.25) is 5.02 Å². The molecule has 39 heavy (non-hydrogen) atoms.